The molecule has 0 saturated carbocycles. The first kappa shape index (κ1) is 26.5. The van der Waals surface area contributed by atoms with Crippen molar-refractivity contribution >= 4 is 43.9 Å². The van der Waals surface area contributed by atoms with Crippen molar-refractivity contribution in [1.82, 2.24) is 9.55 Å². The van der Waals surface area contributed by atoms with Crippen LogP contribution < -0.4 is 16.0 Å². The Bertz CT molecular complexity index is 1560. The van der Waals surface area contributed by atoms with Gasteiger partial charge in [0.25, 0.3) is 5.56 Å². The predicted octanol–water partition coefficient (Wildman–Crippen LogP) is 3.78. The Balaban J connectivity index is 1.94. The number of aromatic nitrogens is 2. The molecule has 3 aromatic rings. The predicted molar refractivity (Wildman–Crippen MR) is 123 cm³/mol. The number of benzene rings is 2. The monoisotopic (exact) mass is 568 g/mol. The lowest BCUT2D eigenvalue weighted by molar-refractivity contribution is -0.275. The number of halogens is 5. The van der Waals surface area contributed by atoms with Crippen molar-refractivity contribution in [2.24, 2.45) is 0 Å². The van der Waals surface area contributed by atoms with Gasteiger partial charge in [0.05, 0.1) is 51.9 Å². The molecule has 0 spiro atoms. The van der Waals surface area contributed by atoms with Crippen LogP contribution in [0.25, 0.3) is 10.9 Å². The maximum absolute atomic E-state index is 13.3. The molecule has 0 aliphatic carbocycles. The second kappa shape index (κ2) is 9.71. The highest BCUT2D eigenvalue weighted by molar-refractivity contribution is 7.91. The number of H-pyrrole nitrogens is 1. The normalized spacial score (nSPS) is 15.1. The zero-order valence-electron chi connectivity index (χ0n) is 18.3. The van der Waals surface area contributed by atoms with Crippen molar-refractivity contribution in [3.05, 3.63) is 66.3 Å². The van der Waals surface area contributed by atoms with Gasteiger partial charge in [0.15, 0.2) is 16.1 Å². The topological polar surface area (TPSA) is 117 Å². The van der Waals surface area contributed by atoms with Crippen LogP contribution >= 0.6 is 23.2 Å². The summed E-state index contributed by atoms with van der Waals surface area (Å²) in [6, 6.07) is 4.64. The standard InChI is InChI=1S/C21H17Cl2F3N2O7S/c1-2-36(31,32)14-4-3-11(22)7-10(14)9-28-18(29)12-8-13(35-21(24,25)26)15(19-33-5-6-34-19)16(23)17(12)27-20(28)30/h3-4,7-8,19H,2,5-6,9H2,1H3,(H,27,30). The van der Waals surface area contributed by atoms with E-state index in [1.807, 2.05) is 0 Å². The van der Waals surface area contributed by atoms with Gasteiger partial charge in [-0.25, -0.2) is 13.2 Å². The van der Waals surface area contributed by atoms with Gasteiger partial charge >= 0.3 is 12.1 Å². The highest BCUT2D eigenvalue weighted by Crippen LogP contribution is 2.42. The first-order chi connectivity index (χ1) is 16.8. The number of nitrogens with one attached hydrogen (secondary N) is 1. The number of hydrogen-bond donors (Lipinski definition) is 1. The Morgan fingerprint density at radius 3 is 2.44 bits per heavy atom. The van der Waals surface area contributed by atoms with Crippen LogP contribution in [0.2, 0.25) is 10.0 Å². The summed E-state index contributed by atoms with van der Waals surface area (Å²) in [6.45, 7) is 1.03. The quantitative estimate of drug-likeness (QED) is 0.481. The van der Waals surface area contributed by atoms with Gasteiger partial charge in [-0.1, -0.05) is 30.1 Å². The van der Waals surface area contributed by atoms with Gasteiger partial charge in [-0.15, -0.1) is 13.2 Å². The number of ether oxygens (including phenoxy) is 3. The van der Waals surface area contributed by atoms with Gasteiger partial charge in [-0.2, -0.15) is 0 Å². The van der Waals surface area contributed by atoms with Crippen LogP contribution in [-0.2, 0) is 25.9 Å². The van der Waals surface area contributed by atoms with Gasteiger partial charge in [0.1, 0.15) is 5.75 Å². The zero-order chi connectivity index (χ0) is 26.4. The van der Waals surface area contributed by atoms with Crippen LogP contribution in [0.4, 0.5) is 13.2 Å². The second-order valence-corrected chi connectivity index (χ2v) is 10.7. The molecule has 0 bridgehead atoms. The van der Waals surface area contributed by atoms with Gasteiger partial charge in [0, 0.05) is 5.02 Å². The first-order valence-electron chi connectivity index (χ1n) is 10.3. The molecule has 0 radical (unpaired) electrons. The summed E-state index contributed by atoms with van der Waals surface area (Å²) in [5.41, 5.74) is -2.60. The summed E-state index contributed by atoms with van der Waals surface area (Å²) in [5.74, 6) is -1.11. The maximum Gasteiger partial charge on any atom is 0.573 e. The molecule has 0 unspecified atom stereocenters. The third-order valence-corrected chi connectivity index (χ3v) is 7.82. The number of nitrogens with zero attached hydrogens (tertiary/aromatic N) is 1. The van der Waals surface area contributed by atoms with Crippen molar-refractivity contribution in [2.75, 3.05) is 19.0 Å². The fourth-order valence-corrected chi connectivity index (χ4v) is 5.38. The van der Waals surface area contributed by atoms with Crippen molar-refractivity contribution in [3.8, 4) is 5.75 Å². The van der Waals surface area contributed by atoms with Crippen LogP contribution in [0, 0.1) is 0 Å². The van der Waals surface area contributed by atoms with E-state index in [1.54, 1.807) is 0 Å². The Kier molecular flexibility index (Phi) is 7.14. The third-order valence-electron chi connectivity index (χ3n) is 5.37. The molecule has 1 fully saturated rings. The molecule has 0 atom stereocenters. The minimum absolute atomic E-state index is 0.0403. The third kappa shape index (κ3) is 5.11. The van der Waals surface area contributed by atoms with Gasteiger partial charge < -0.3 is 19.2 Å². The smallest absolute Gasteiger partial charge is 0.405 e. The molecule has 1 aliphatic rings. The minimum atomic E-state index is -5.14. The van der Waals surface area contributed by atoms with E-state index < -0.39 is 56.4 Å². The largest absolute Gasteiger partial charge is 0.573 e. The number of alkyl halides is 3. The average Bonchev–Trinajstić information content (AvgIpc) is 3.31. The van der Waals surface area contributed by atoms with Crippen molar-refractivity contribution in [2.45, 2.75) is 31.0 Å². The van der Waals surface area contributed by atoms with E-state index in [4.69, 9.17) is 32.7 Å². The molecule has 4 rings (SSSR count). The van der Waals surface area contributed by atoms with E-state index in [9.17, 15) is 31.2 Å². The highest BCUT2D eigenvalue weighted by atomic mass is 35.5. The Morgan fingerprint density at radius 2 is 1.83 bits per heavy atom. The molecule has 2 heterocycles. The second-order valence-electron chi connectivity index (χ2n) is 7.62. The summed E-state index contributed by atoms with van der Waals surface area (Å²) in [5, 5.41) is -0.699. The minimum Gasteiger partial charge on any atom is -0.405 e. The van der Waals surface area contributed by atoms with Crippen LogP contribution in [0.15, 0.2) is 38.8 Å². The van der Waals surface area contributed by atoms with Crippen LogP contribution in [-0.4, -0.2) is 43.3 Å². The lowest BCUT2D eigenvalue weighted by Crippen LogP contribution is -2.36. The van der Waals surface area contributed by atoms with E-state index in [1.165, 1.54) is 25.1 Å². The first-order valence-corrected chi connectivity index (χ1v) is 12.7. The van der Waals surface area contributed by atoms with Crippen molar-refractivity contribution in [3.63, 3.8) is 0 Å². The summed E-state index contributed by atoms with van der Waals surface area (Å²) >= 11 is 12.3. The molecule has 1 N–H and O–H groups in total. The zero-order valence-corrected chi connectivity index (χ0v) is 20.6. The number of hydrogen-bond acceptors (Lipinski definition) is 7. The summed E-state index contributed by atoms with van der Waals surface area (Å²) < 4.78 is 79.7. The molecule has 194 valence electrons. The summed E-state index contributed by atoms with van der Waals surface area (Å²) in [6.07, 6.45) is -6.46. The Morgan fingerprint density at radius 1 is 1.17 bits per heavy atom. The lowest BCUT2D eigenvalue weighted by Gasteiger charge is -2.19. The molecule has 0 amide bonds. The number of sulfone groups is 1. The van der Waals surface area contributed by atoms with Crippen LogP contribution in [0.1, 0.15) is 24.3 Å². The Hall–Kier alpha value is -2.58. The molecule has 15 heteroatoms. The molecule has 1 saturated heterocycles. The van der Waals surface area contributed by atoms with E-state index in [2.05, 4.69) is 9.72 Å². The van der Waals surface area contributed by atoms with Crippen LogP contribution in [0.3, 0.4) is 0 Å². The SMILES string of the molecule is CCS(=O)(=O)c1ccc(Cl)cc1Cn1c(=O)[nH]c2c(Cl)c(C3OCCO3)c(OC(F)(F)F)cc2c1=O. The highest BCUT2D eigenvalue weighted by Gasteiger charge is 2.36. The summed E-state index contributed by atoms with van der Waals surface area (Å²) in [4.78, 5) is 28.4. The van der Waals surface area contributed by atoms with Gasteiger partial charge in [-0.3, -0.25) is 9.36 Å². The molecule has 9 nitrogen and oxygen atoms in total. The molecule has 1 aliphatic heterocycles. The van der Waals surface area contributed by atoms with Gasteiger partial charge in [-0.05, 0) is 29.8 Å². The number of fused-ring (bicyclic) bond motifs is 1. The molecule has 1 aromatic heterocycles. The summed E-state index contributed by atoms with van der Waals surface area (Å²) in [7, 11) is -3.76. The molecular formula is C21H17Cl2F3N2O7S. The van der Waals surface area contributed by atoms with E-state index in [0.29, 0.717) is 4.57 Å². The van der Waals surface area contributed by atoms with E-state index in [0.717, 1.165) is 6.07 Å². The fraction of sp³-hybridized carbons (Fsp3) is 0.333. The fourth-order valence-electron chi connectivity index (χ4n) is 3.74. The van der Waals surface area contributed by atoms with E-state index >= 15 is 0 Å². The maximum atomic E-state index is 13.3. The van der Waals surface area contributed by atoms with Crippen LogP contribution in [0.5, 0.6) is 5.75 Å². The van der Waals surface area contributed by atoms with Gasteiger partial charge in [0.2, 0.25) is 0 Å². The van der Waals surface area contributed by atoms with Crippen molar-refractivity contribution in [1.29, 1.82) is 0 Å². The molecule has 36 heavy (non-hydrogen) atoms. The van der Waals surface area contributed by atoms with Crippen molar-refractivity contribution < 1.29 is 35.8 Å². The average molecular weight is 569 g/mol. The molecule has 2 aromatic carbocycles. The Labute approximate surface area is 211 Å². The molecular weight excluding hydrogens is 552 g/mol. The number of rotatable bonds is 6. The number of aromatic amines is 1. The van der Waals surface area contributed by atoms with E-state index in [-0.39, 0.29) is 45.5 Å². The lowest BCUT2D eigenvalue weighted by atomic mass is 10.1.